The Balaban J connectivity index is 2.82. The van der Waals surface area contributed by atoms with E-state index in [4.69, 9.17) is 4.74 Å². The SMILES string of the molecule is CCOC(=O)CN(C(C)=O)c1ccc(F)cc1. The summed E-state index contributed by atoms with van der Waals surface area (Å²) in [4.78, 5) is 23.9. The molecular formula is C12H14FNO3. The Morgan fingerprint density at radius 1 is 1.29 bits per heavy atom. The van der Waals surface area contributed by atoms with Gasteiger partial charge in [-0.05, 0) is 31.2 Å². The van der Waals surface area contributed by atoms with Gasteiger partial charge in [-0.1, -0.05) is 0 Å². The number of rotatable bonds is 4. The number of nitrogens with zero attached hydrogens (tertiary/aromatic N) is 1. The third kappa shape index (κ3) is 3.86. The first-order valence-corrected chi connectivity index (χ1v) is 5.24. The van der Waals surface area contributed by atoms with E-state index in [1.54, 1.807) is 6.92 Å². The summed E-state index contributed by atoms with van der Waals surface area (Å²) in [6.45, 7) is 3.11. The second kappa shape index (κ2) is 5.98. The van der Waals surface area contributed by atoms with Crippen LogP contribution in [0.15, 0.2) is 24.3 Å². The molecule has 0 unspecified atom stereocenters. The highest BCUT2D eigenvalue weighted by molar-refractivity contribution is 5.96. The summed E-state index contributed by atoms with van der Waals surface area (Å²) in [6.07, 6.45) is 0. The third-order valence-corrected chi connectivity index (χ3v) is 2.11. The largest absolute Gasteiger partial charge is 0.465 e. The van der Waals surface area contributed by atoms with Crippen molar-refractivity contribution in [2.45, 2.75) is 13.8 Å². The Labute approximate surface area is 99.0 Å². The molecule has 0 aromatic heterocycles. The summed E-state index contributed by atoms with van der Waals surface area (Å²) in [7, 11) is 0. The summed E-state index contributed by atoms with van der Waals surface area (Å²) < 4.78 is 17.5. The van der Waals surface area contributed by atoms with Crippen molar-refractivity contribution in [2.75, 3.05) is 18.1 Å². The first kappa shape index (κ1) is 13.2. The fraction of sp³-hybridized carbons (Fsp3) is 0.333. The molecule has 1 aromatic rings. The van der Waals surface area contributed by atoms with Crippen molar-refractivity contribution in [1.29, 1.82) is 0 Å². The Bertz CT molecular complexity index is 403. The van der Waals surface area contributed by atoms with Crippen molar-refractivity contribution in [3.63, 3.8) is 0 Å². The zero-order valence-corrected chi connectivity index (χ0v) is 9.77. The maximum Gasteiger partial charge on any atom is 0.326 e. The van der Waals surface area contributed by atoms with Crippen LogP contribution < -0.4 is 4.90 Å². The zero-order valence-electron chi connectivity index (χ0n) is 9.77. The van der Waals surface area contributed by atoms with Crippen LogP contribution in [-0.2, 0) is 14.3 Å². The van der Waals surface area contributed by atoms with Gasteiger partial charge in [-0.3, -0.25) is 9.59 Å². The number of carbonyl (C=O) groups excluding carboxylic acids is 2. The lowest BCUT2D eigenvalue weighted by Crippen LogP contribution is -2.34. The number of ether oxygens (including phenoxy) is 1. The van der Waals surface area contributed by atoms with E-state index in [2.05, 4.69) is 0 Å². The molecule has 1 aromatic carbocycles. The number of amides is 1. The number of hydrogen-bond donors (Lipinski definition) is 0. The molecule has 0 radical (unpaired) electrons. The molecule has 92 valence electrons. The fourth-order valence-corrected chi connectivity index (χ4v) is 1.34. The number of anilines is 1. The summed E-state index contributed by atoms with van der Waals surface area (Å²) in [6, 6.07) is 5.35. The van der Waals surface area contributed by atoms with Crippen LogP contribution in [0.1, 0.15) is 13.8 Å². The topological polar surface area (TPSA) is 46.6 Å². The average molecular weight is 239 g/mol. The first-order valence-electron chi connectivity index (χ1n) is 5.24. The van der Waals surface area contributed by atoms with Crippen LogP contribution in [0.5, 0.6) is 0 Å². The van der Waals surface area contributed by atoms with Crippen molar-refractivity contribution in [3.05, 3.63) is 30.1 Å². The predicted molar refractivity (Wildman–Crippen MR) is 61.1 cm³/mol. The third-order valence-electron chi connectivity index (χ3n) is 2.11. The molecule has 0 aliphatic rings. The second-order valence-electron chi connectivity index (χ2n) is 3.39. The van der Waals surface area contributed by atoms with Gasteiger partial charge < -0.3 is 9.64 Å². The van der Waals surface area contributed by atoms with Crippen LogP contribution >= 0.6 is 0 Å². The number of hydrogen-bond acceptors (Lipinski definition) is 3. The van der Waals surface area contributed by atoms with Gasteiger partial charge in [-0.15, -0.1) is 0 Å². The quantitative estimate of drug-likeness (QED) is 0.752. The molecular weight excluding hydrogens is 225 g/mol. The predicted octanol–water partition coefficient (Wildman–Crippen LogP) is 1.74. The van der Waals surface area contributed by atoms with Crippen molar-refractivity contribution in [2.24, 2.45) is 0 Å². The van der Waals surface area contributed by atoms with E-state index in [-0.39, 0.29) is 19.1 Å². The average Bonchev–Trinajstić information content (AvgIpc) is 2.27. The Morgan fingerprint density at radius 3 is 2.35 bits per heavy atom. The maximum absolute atomic E-state index is 12.7. The van der Waals surface area contributed by atoms with Crippen LogP contribution in [0.2, 0.25) is 0 Å². The summed E-state index contributed by atoms with van der Waals surface area (Å²) >= 11 is 0. The van der Waals surface area contributed by atoms with E-state index in [0.717, 1.165) is 0 Å². The molecule has 0 saturated carbocycles. The molecule has 1 amide bonds. The molecule has 0 N–H and O–H groups in total. The van der Waals surface area contributed by atoms with Crippen LogP contribution in [-0.4, -0.2) is 25.0 Å². The Hall–Kier alpha value is -1.91. The van der Waals surface area contributed by atoms with Gasteiger partial charge in [0.2, 0.25) is 5.91 Å². The van der Waals surface area contributed by atoms with Gasteiger partial charge in [0, 0.05) is 12.6 Å². The van der Waals surface area contributed by atoms with E-state index < -0.39 is 11.8 Å². The van der Waals surface area contributed by atoms with E-state index in [0.29, 0.717) is 5.69 Å². The minimum atomic E-state index is -0.493. The molecule has 0 bridgehead atoms. The standard InChI is InChI=1S/C12H14FNO3/c1-3-17-12(16)8-14(9(2)15)11-6-4-10(13)5-7-11/h4-7H,3,8H2,1-2H3. The van der Waals surface area contributed by atoms with Crippen LogP contribution in [0.4, 0.5) is 10.1 Å². The van der Waals surface area contributed by atoms with Crippen molar-refractivity contribution >= 4 is 17.6 Å². The van der Waals surface area contributed by atoms with E-state index in [1.165, 1.54) is 36.1 Å². The summed E-state index contributed by atoms with van der Waals surface area (Å²) in [5, 5.41) is 0. The molecule has 0 fully saturated rings. The normalized spacial score (nSPS) is 9.82. The Morgan fingerprint density at radius 2 is 1.88 bits per heavy atom. The van der Waals surface area contributed by atoms with Gasteiger partial charge in [0.15, 0.2) is 0 Å². The summed E-state index contributed by atoms with van der Waals surface area (Å²) in [5.74, 6) is -1.19. The van der Waals surface area contributed by atoms with Gasteiger partial charge in [-0.2, -0.15) is 0 Å². The zero-order chi connectivity index (χ0) is 12.8. The van der Waals surface area contributed by atoms with Gasteiger partial charge in [0.1, 0.15) is 12.4 Å². The van der Waals surface area contributed by atoms with Crippen molar-refractivity contribution < 1.29 is 18.7 Å². The molecule has 0 atom stereocenters. The van der Waals surface area contributed by atoms with Crippen LogP contribution in [0.25, 0.3) is 0 Å². The molecule has 17 heavy (non-hydrogen) atoms. The van der Waals surface area contributed by atoms with Gasteiger partial charge in [0.05, 0.1) is 6.61 Å². The second-order valence-corrected chi connectivity index (χ2v) is 3.39. The number of halogens is 1. The van der Waals surface area contributed by atoms with E-state index in [9.17, 15) is 14.0 Å². The Kier molecular flexibility index (Phi) is 4.63. The maximum atomic E-state index is 12.7. The number of carbonyl (C=O) groups is 2. The number of esters is 1. The smallest absolute Gasteiger partial charge is 0.326 e. The molecule has 0 spiro atoms. The first-order chi connectivity index (χ1) is 8.04. The molecule has 0 saturated heterocycles. The molecule has 1 rings (SSSR count). The lowest BCUT2D eigenvalue weighted by Gasteiger charge is -2.19. The van der Waals surface area contributed by atoms with Gasteiger partial charge in [-0.25, -0.2) is 4.39 Å². The molecule has 0 aliphatic carbocycles. The minimum absolute atomic E-state index is 0.172. The van der Waals surface area contributed by atoms with E-state index in [1.807, 2.05) is 0 Å². The fourth-order valence-electron chi connectivity index (χ4n) is 1.34. The van der Waals surface area contributed by atoms with E-state index >= 15 is 0 Å². The lowest BCUT2D eigenvalue weighted by atomic mass is 10.2. The molecule has 0 heterocycles. The molecule has 5 heteroatoms. The number of benzene rings is 1. The minimum Gasteiger partial charge on any atom is -0.465 e. The monoisotopic (exact) mass is 239 g/mol. The summed E-state index contributed by atoms with van der Waals surface area (Å²) in [5.41, 5.74) is 0.465. The molecule has 0 aliphatic heterocycles. The van der Waals surface area contributed by atoms with Crippen LogP contribution in [0.3, 0.4) is 0 Å². The van der Waals surface area contributed by atoms with Crippen molar-refractivity contribution in [3.8, 4) is 0 Å². The van der Waals surface area contributed by atoms with Crippen molar-refractivity contribution in [1.82, 2.24) is 0 Å². The molecule has 4 nitrogen and oxygen atoms in total. The highest BCUT2D eigenvalue weighted by Crippen LogP contribution is 2.14. The van der Waals surface area contributed by atoms with Gasteiger partial charge in [0.25, 0.3) is 0 Å². The lowest BCUT2D eigenvalue weighted by molar-refractivity contribution is -0.142. The highest BCUT2D eigenvalue weighted by atomic mass is 19.1. The van der Waals surface area contributed by atoms with Gasteiger partial charge >= 0.3 is 5.97 Å². The van der Waals surface area contributed by atoms with Crippen LogP contribution in [0, 0.1) is 5.82 Å². The highest BCUT2D eigenvalue weighted by Gasteiger charge is 2.16.